The zero-order valence-corrected chi connectivity index (χ0v) is 22.1. The lowest BCUT2D eigenvalue weighted by atomic mass is 9.84. The highest BCUT2D eigenvalue weighted by atomic mass is 32.2. The van der Waals surface area contributed by atoms with Crippen LogP contribution in [-0.4, -0.2) is 37.0 Å². The fourth-order valence-electron chi connectivity index (χ4n) is 3.84. The highest BCUT2D eigenvalue weighted by Gasteiger charge is 2.24. The second kappa shape index (κ2) is 12.5. The van der Waals surface area contributed by atoms with Crippen LogP contribution in [0.1, 0.15) is 78.2 Å². The Labute approximate surface area is 203 Å². The molecule has 1 N–H and O–H groups in total. The van der Waals surface area contributed by atoms with Crippen molar-refractivity contribution < 1.29 is 17.9 Å². The molecule has 0 aliphatic heterocycles. The Morgan fingerprint density at radius 2 is 1.81 bits per heavy atom. The summed E-state index contributed by atoms with van der Waals surface area (Å²) < 4.78 is 34.2. The van der Waals surface area contributed by atoms with Crippen molar-refractivity contribution in [1.29, 1.82) is 0 Å². The first-order valence-electron chi connectivity index (χ1n) is 11.5. The first-order valence-corrected chi connectivity index (χ1v) is 14.3. The predicted octanol–water partition coefficient (Wildman–Crippen LogP) is 5.62. The lowest BCUT2D eigenvalue weighted by molar-refractivity contribution is -0.123. The molecule has 1 aromatic rings. The van der Waals surface area contributed by atoms with Gasteiger partial charge >= 0.3 is 0 Å². The highest BCUT2D eigenvalue weighted by Crippen LogP contribution is 2.28. The summed E-state index contributed by atoms with van der Waals surface area (Å²) in [5.41, 5.74) is 1.03. The van der Waals surface area contributed by atoms with Gasteiger partial charge in [-0.15, -0.1) is 0 Å². The number of benzene rings is 1. The minimum absolute atomic E-state index is 0.0443. The van der Waals surface area contributed by atoms with Crippen LogP contribution < -0.4 is 4.72 Å². The minimum Gasteiger partial charge on any atom is -0.479 e. The number of rotatable bonds is 10. The number of Topliss-reactive ketones (excluding diaryl/α,β-unsaturated/α-hetero) is 1. The normalized spacial score (nSPS) is 16.5. The molecule has 0 aromatic heterocycles. The van der Waals surface area contributed by atoms with Gasteiger partial charge in [-0.2, -0.15) is 0 Å². The van der Waals surface area contributed by atoms with Gasteiger partial charge in [0.15, 0.2) is 0 Å². The third-order valence-corrected chi connectivity index (χ3v) is 8.72. The van der Waals surface area contributed by atoms with E-state index in [-0.39, 0.29) is 28.0 Å². The summed E-state index contributed by atoms with van der Waals surface area (Å²) in [7, 11) is -3.66. The molecule has 1 atom stereocenters. The minimum atomic E-state index is -3.66. The quantitative estimate of drug-likeness (QED) is 0.422. The van der Waals surface area contributed by atoms with Gasteiger partial charge in [0, 0.05) is 24.1 Å². The van der Waals surface area contributed by atoms with E-state index in [2.05, 4.69) is 25.5 Å². The fraction of sp³-hybridized carbons (Fsp3) is 0.667. The predicted molar refractivity (Wildman–Crippen MR) is 137 cm³/mol. The number of nitrogens with one attached hydrogen (secondary N) is 1. The highest BCUT2D eigenvalue weighted by molar-refractivity contribution is 8.23. The van der Waals surface area contributed by atoms with E-state index in [1.54, 1.807) is 12.1 Å². The molecule has 180 valence electrons. The molecule has 1 aliphatic carbocycles. The summed E-state index contributed by atoms with van der Waals surface area (Å²) >= 11 is 6.59. The van der Waals surface area contributed by atoms with Crippen LogP contribution in [0.25, 0.3) is 0 Å². The van der Waals surface area contributed by atoms with Crippen molar-refractivity contribution in [3.63, 3.8) is 0 Å². The van der Waals surface area contributed by atoms with E-state index in [0.29, 0.717) is 29.6 Å². The van der Waals surface area contributed by atoms with Gasteiger partial charge in [0.25, 0.3) is 0 Å². The molecule has 1 fully saturated rings. The van der Waals surface area contributed by atoms with Gasteiger partial charge in [-0.25, -0.2) is 13.1 Å². The molecular formula is C24H37NO4S3. The summed E-state index contributed by atoms with van der Waals surface area (Å²) in [6.45, 7) is 8.79. The zero-order chi connectivity index (χ0) is 23.8. The second-order valence-electron chi connectivity index (χ2n) is 9.39. The first kappa shape index (κ1) is 27.3. The van der Waals surface area contributed by atoms with E-state index < -0.39 is 10.0 Å². The Morgan fingerprint density at radius 3 is 2.38 bits per heavy atom. The molecule has 0 bridgehead atoms. The molecule has 0 heterocycles. The SMILES string of the molecule is CCOC(=S)SC(CCC(=O)C1CCCCC1)CNS(=O)(=O)c1ccc(C(C)(C)C)cc1. The standard InChI is InChI=1S/C24H37NO4S3/c1-5-29-23(30)31-20(13-16-22(26)18-9-7-6-8-10-18)17-25-32(27,28)21-14-11-19(12-15-21)24(2,3)4/h11-12,14-15,18,20,25H,5-10,13,16-17H2,1-4H3. The zero-order valence-electron chi connectivity index (χ0n) is 19.7. The van der Waals surface area contributed by atoms with Crippen LogP contribution in [0.4, 0.5) is 0 Å². The molecule has 5 nitrogen and oxygen atoms in total. The van der Waals surface area contributed by atoms with E-state index >= 15 is 0 Å². The van der Waals surface area contributed by atoms with Crippen LogP contribution in [0.15, 0.2) is 29.2 Å². The Hall–Kier alpha value is -0.960. The largest absolute Gasteiger partial charge is 0.479 e. The van der Waals surface area contributed by atoms with E-state index in [1.807, 2.05) is 19.1 Å². The number of sulfonamides is 1. The van der Waals surface area contributed by atoms with Crippen molar-refractivity contribution in [1.82, 2.24) is 4.72 Å². The molecule has 0 radical (unpaired) electrons. The van der Waals surface area contributed by atoms with Crippen LogP contribution in [0.3, 0.4) is 0 Å². The van der Waals surface area contributed by atoms with Gasteiger partial charge in [-0.1, -0.05) is 63.9 Å². The van der Waals surface area contributed by atoms with Crippen molar-refractivity contribution >= 4 is 44.2 Å². The lowest BCUT2D eigenvalue weighted by Crippen LogP contribution is -2.32. The molecule has 0 saturated heterocycles. The van der Waals surface area contributed by atoms with E-state index in [0.717, 1.165) is 31.2 Å². The maximum atomic E-state index is 12.8. The van der Waals surface area contributed by atoms with E-state index in [1.165, 1.54) is 18.2 Å². The number of thioether (sulfide) groups is 1. The average molecular weight is 500 g/mol. The monoisotopic (exact) mass is 499 g/mol. The van der Waals surface area contributed by atoms with Gasteiger partial charge in [0.05, 0.1) is 11.5 Å². The number of carbonyl (C=O) groups excluding carboxylic acids is 1. The molecular weight excluding hydrogens is 462 g/mol. The van der Waals surface area contributed by atoms with Crippen LogP contribution in [0.2, 0.25) is 0 Å². The van der Waals surface area contributed by atoms with Crippen LogP contribution in [0, 0.1) is 5.92 Å². The Morgan fingerprint density at radius 1 is 1.19 bits per heavy atom. The Kier molecular flexibility index (Phi) is 10.6. The first-order chi connectivity index (χ1) is 15.0. The maximum absolute atomic E-state index is 12.8. The van der Waals surface area contributed by atoms with Crippen molar-refractivity contribution in [2.24, 2.45) is 5.92 Å². The third kappa shape index (κ3) is 8.76. The van der Waals surface area contributed by atoms with Crippen LogP contribution in [-0.2, 0) is 25.0 Å². The molecule has 1 aromatic carbocycles. The summed E-state index contributed by atoms with van der Waals surface area (Å²) in [6, 6.07) is 6.99. The number of thiocarbonyl (C=S) groups is 1. The molecule has 0 spiro atoms. The van der Waals surface area contributed by atoms with Gasteiger partial charge in [0.2, 0.25) is 14.4 Å². The van der Waals surface area contributed by atoms with Crippen molar-refractivity contribution in [3.8, 4) is 0 Å². The van der Waals surface area contributed by atoms with Crippen molar-refractivity contribution in [2.45, 2.75) is 88.2 Å². The summed E-state index contributed by atoms with van der Waals surface area (Å²) in [5.74, 6) is 0.449. The van der Waals surface area contributed by atoms with Crippen LogP contribution >= 0.6 is 24.0 Å². The third-order valence-electron chi connectivity index (χ3n) is 5.83. The molecule has 8 heteroatoms. The average Bonchev–Trinajstić information content (AvgIpc) is 2.75. The number of ketones is 1. The van der Waals surface area contributed by atoms with Gasteiger partial charge in [-0.05, 0) is 61.5 Å². The van der Waals surface area contributed by atoms with Crippen molar-refractivity contribution in [3.05, 3.63) is 29.8 Å². The maximum Gasteiger partial charge on any atom is 0.240 e. The van der Waals surface area contributed by atoms with Crippen LogP contribution in [0.5, 0.6) is 0 Å². The molecule has 1 saturated carbocycles. The smallest absolute Gasteiger partial charge is 0.240 e. The molecule has 2 rings (SSSR count). The number of hydrogen-bond acceptors (Lipinski definition) is 6. The molecule has 0 amide bonds. The lowest BCUT2D eigenvalue weighted by Gasteiger charge is -2.22. The van der Waals surface area contributed by atoms with Gasteiger partial charge in [-0.3, -0.25) is 4.79 Å². The van der Waals surface area contributed by atoms with Gasteiger partial charge < -0.3 is 4.74 Å². The Bertz CT molecular complexity index is 854. The number of carbonyl (C=O) groups is 1. The van der Waals surface area contributed by atoms with E-state index in [9.17, 15) is 13.2 Å². The summed E-state index contributed by atoms with van der Waals surface area (Å²) in [4.78, 5) is 12.9. The number of ether oxygens (including phenoxy) is 1. The second-order valence-corrected chi connectivity index (χ2v) is 13.1. The summed E-state index contributed by atoms with van der Waals surface area (Å²) in [6.07, 6.45) is 6.42. The Balaban J connectivity index is 2.00. The molecule has 1 aliphatic rings. The fourth-order valence-corrected chi connectivity index (χ4v) is 6.42. The topological polar surface area (TPSA) is 72.5 Å². The summed E-state index contributed by atoms with van der Waals surface area (Å²) in [5, 5.41) is -0.162. The number of hydrogen-bond donors (Lipinski definition) is 1. The molecule has 1 unspecified atom stereocenters. The van der Waals surface area contributed by atoms with Crippen molar-refractivity contribution in [2.75, 3.05) is 13.2 Å². The van der Waals surface area contributed by atoms with Gasteiger partial charge in [0.1, 0.15) is 5.78 Å². The van der Waals surface area contributed by atoms with E-state index in [4.69, 9.17) is 17.0 Å². The molecule has 32 heavy (non-hydrogen) atoms.